The number of ether oxygens (including phenoxy) is 1. The van der Waals surface area contributed by atoms with Crippen molar-refractivity contribution in [1.82, 2.24) is 0 Å². The maximum Gasteiger partial charge on any atom is 0.123 e. The third-order valence-corrected chi connectivity index (χ3v) is 2.39. The first kappa shape index (κ1) is 11.4. The molecule has 0 radical (unpaired) electrons. The van der Waals surface area contributed by atoms with Gasteiger partial charge in [0, 0.05) is 5.02 Å². The molecule has 0 atom stereocenters. The van der Waals surface area contributed by atoms with E-state index >= 15 is 0 Å². The Morgan fingerprint density at radius 3 is 2.79 bits per heavy atom. The van der Waals surface area contributed by atoms with E-state index in [9.17, 15) is 0 Å². The molecule has 1 rings (SSSR count). The minimum atomic E-state index is 0.737. The quantitative estimate of drug-likeness (QED) is 0.665. The summed E-state index contributed by atoms with van der Waals surface area (Å²) in [5.41, 5.74) is 1.14. The SMILES string of the molecule is CCCCCOc1cc(Cl)ccc1C. The molecule has 1 aromatic rings. The zero-order chi connectivity index (χ0) is 10.4. The molecule has 14 heavy (non-hydrogen) atoms. The summed E-state index contributed by atoms with van der Waals surface area (Å²) in [6.07, 6.45) is 3.56. The van der Waals surface area contributed by atoms with Crippen LogP contribution in [-0.4, -0.2) is 6.61 Å². The van der Waals surface area contributed by atoms with Gasteiger partial charge in [-0.25, -0.2) is 0 Å². The van der Waals surface area contributed by atoms with Gasteiger partial charge in [0.2, 0.25) is 0 Å². The normalized spacial score (nSPS) is 10.2. The van der Waals surface area contributed by atoms with Gasteiger partial charge >= 0.3 is 0 Å². The molecule has 78 valence electrons. The van der Waals surface area contributed by atoms with Gasteiger partial charge < -0.3 is 4.74 Å². The minimum absolute atomic E-state index is 0.737. The Morgan fingerprint density at radius 1 is 1.29 bits per heavy atom. The van der Waals surface area contributed by atoms with Crippen LogP contribution in [0.5, 0.6) is 5.75 Å². The average molecular weight is 213 g/mol. The fraction of sp³-hybridized carbons (Fsp3) is 0.500. The van der Waals surface area contributed by atoms with Gasteiger partial charge in [-0.3, -0.25) is 0 Å². The van der Waals surface area contributed by atoms with Gasteiger partial charge in [0.25, 0.3) is 0 Å². The Morgan fingerprint density at radius 2 is 2.07 bits per heavy atom. The lowest BCUT2D eigenvalue weighted by molar-refractivity contribution is 0.304. The first-order valence-corrected chi connectivity index (χ1v) is 5.50. The lowest BCUT2D eigenvalue weighted by atomic mass is 10.2. The summed E-state index contributed by atoms with van der Waals surface area (Å²) in [5.74, 6) is 0.911. The summed E-state index contributed by atoms with van der Waals surface area (Å²) in [6.45, 7) is 5.01. The van der Waals surface area contributed by atoms with Crippen LogP contribution in [0.2, 0.25) is 5.02 Å². The van der Waals surface area contributed by atoms with E-state index in [1.165, 1.54) is 12.8 Å². The van der Waals surface area contributed by atoms with Crippen LogP contribution in [0.1, 0.15) is 31.7 Å². The number of halogens is 1. The summed E-state index contributed by atoms with van der Waals surface area (Å²) < 4.78 is 5.64. The fourth-order valence-corrected chi connectivity index (χ4v) is 1.43. The number of aryl methyl sites for hydroxylation is 1. The monoisotopic (exact) mass is 212 g/mol. The van der Waals surface area contributed by atoms with Gasteiger partial charge in [-0.2, -0.15) is 0 Å². The van der Waals surface area contributed by atoms with E-state index in [0.717, 1.165) is 29.4 Å². The Balaban J connectivity index is 2.45. The van der Waals surface area contributed by atoms with Crippen molar-refractivity contribution in [2.45, 2.75) is 33.1 Å². The second kappa shape index (κ2) is 5.92. The number of rotatable bonds is 5. The third-order valence-electron chi connectivity index (χ3n) is 2.16. The average Bonchev–Trinajstić information content (AvgIpc) is 2.18. The number of hydrogen-bond acceptors (Lipinski definition) is 1. The lowest BCUT2D eigenvalue weighted by Gasteiger charge is -2.08. The van der Waals surface area contributed by atoms with Crippen LogP contribution in [0, 0.1) is 6.92 Å². The van der Waals surface area contributed by atoms with Gasteiger partial charge in [-0.1, -0.05) is 37.4 Å². The van der Waals surface area contributed by atoms with Crippen LogP contribution in [-0.2, 0) is 0 Å². The van der Waals surface area contributed by atoms with E-state index in [1.807, 2.05) is 25.1 Å². The van der Waals surface area contributed by atoms with Crippen molar-refractivity contribution in [3.63, 3.8) is 0 Å². The minimum Gasteiger partial charge on any atom is -0.493 e. The van der Waals surface area contributed by atoms with Crippen LogP contribution in [0.25, 0.3) is 0 Å². The van der Waals surface area contributed by atoms with Crippen LogP contribution in [0.15, 0.2) is 18.2 Å². The van der Waals surface area contributed by atoms with Crippen molar-refractivity contribution < 1.29 is 4.74 Å². The van der Waals surface area contributed by atoms with Gasteiger partial charge in [0.1, 0.15) is 5.75 Å². The van der Waals surface area contributed by atoms with E-state index in [2.05, 4.69) is 6.92 Å². The summed E-state index contributed by atoms with van der Waals surface area (Å²) in [7, 11) is 0. The molecule has 0 heterocycles. The molecule has 1 aromatic carbocycles. The smallest absolute Gasteiger partial charge is 0.123 e. The number of benzene rings is 1. The Bertz CT molecular complexity index is 284. The lowest BCUT2D eigenvalue weighted by Crippen LogP contribution is -1.98. The Kier molecular flexibility index (Phi) is 4.81. The first-order chi connectivity index (χ1) is 6.74. The van der Waals surface area contributed by atoms with Crippen molar-refractivity contribution >= 4 is 11.6 Å². The largest absolute Gasteiger partial charge is 0.493 e. The van der Waals surface area contributed by atoms with Crippen LogP contribution in [0.3, 0.4) is 0 Å². The summed E-state index contributed by atoms with van der Waals surface area (Å²) in [4.78, 5) is 0. The van der Waals surface area contributed by atoms with Gasteiger partial charge in [0.15, 0.2) is 0 Å². The number of unbranched alkanes of at least 4 members (excludes halogenated alkanes) is 2. The highest BCUT2D eigenvalue weighted by atomic mass is 35.5. The topological polar surface area (TPSA) is 9.23 Å². The molecular formula is C12H17ClO. The summed E-state index contributed by atoms with van der Waals surface area (Å²) in [5, 5.41) is 0.737. The van der Waals surface area contributed by atoms with Gasteiger partial charge in [0.05, 0.1) is 6.61 Å². The molecule has 0 aliphatic rings. The third kappa shape index (κ3) is 3.59. The maximum absolute atomic E-state index is 5.88. The van der Waals surface area contributed by atoms with E-state index < -0.39 is 0 Å². The summed E-state index contributed by atoms with van der Waals surface area (Å²) >= 11 is 5.88. The molecule has 0 aliphatic heterocycles. The van der Waals surface area contributed by atoms with Crippen molar-refractivity contribution in [3.8, 4) is 5.75 Å². The van der Waals surface area contributed by atoms with Gasteiger partial charge in [-0.15, -0.1) is 0 Å². The van der Waals surface area contributed by atoms with Crippen molar-refractivity contribution in [1.29, 1.82) is 0 Å². The van der Waals surface area contributed by atoms with E-state index in [4.69, 9.17) is 16.3 Å². The highest BCUT2D eigenvalue weighted by Crippen LogP contribution is 2.22. The molecule has 0 aromatic heterocycles. The fourth-order valence-electron chi connectivity index (χ4n) is 1.26. The molecule has 0 amide bonds. The predicted octanol–water partition coefficient (Wildman–Crippen LogP) is 4.22. The van der Waals surface area contributed by atoms with Crippen molar-refractivity contribution in [2.75, 3.05) is 6.61 Å². The van der Waals surface area contributed by atoms with Crippen LogP contribution >= 0.6 is 11.6 Å². The van der Waals surface area contributed by atoms with Gasteiger partial charge in [-0.05, 0) is 31.0 Å². The molecule has 0 saturated heterocycles. The molecule has 0 bridgehead atoms. The molecule has 0 spiro atoms. The molecule has 2 heteroatoms. The van der Waals surface area contributed by atoms with Crippen molar-refractivity contribution in [2.24, 2.45) is 0 Å². The van der Waals surface area contributed by atoms with Crippen LogP contribution < -0.4 is 4.74 Å². The van der Waals surface area contributed by atoms with Crippen LogP contribution in [0.4, 0.5) is 0 Å². The Labute approximate surface area is 91.0 Å². The summed E-state index contributed by atoms with van der Waals surface area (Å²) in [6, 6.07) is 5.75. The molecule has 0 aliphatic carbocycles. The zero-order valence-electron chi connectivity index (χ0n) is 8.85. The molecule has 0 N–H and O–H groups in total. The highest BCUT2D eigenvalue weighted by Gasteiger charge is 1.99. The standard InChI is InChI=1S/C12H17ClO/c1-3-4-5-8-14-12-9-11(13)7-6-10(12)2/h6-7,9H,3-5,8H2,1-2H3. The predicted molar refractivity (Wildman–Crippen MR) is 61.2 cm³/mol. The highest BCUT2D eigenvalue weighted by molar-refractivity contribution is 6.30. The van der Waals surface area contributed by atoms with E-state index in [0.29, 0.717) is 0 Å². The molecular weight excluding hydrogens is 196 g/mol. The molecule has 0 saturated carbocycles. The zero-order valence-corrected chi connectivity index (χ0v) is 9.60. The Hall–Kier alpha value is -0.690. The molecule has 1 nitrogen and oxygen atoms in total. The maximum atomic E-state index is 5.88. The van der Waals surface area contributed by atoms with E-state index in [1.54, 1.807) is 0 Å². The first-order valence-electron chi connectivity index (χ1n) is 5.13. The molecule has 0 fully saturated rings. The van der Waals surface area contributed by atoms with Crippen molar-refractivity contribution in [3.05, 3.63) is 28.8 Å². The molecule has 0 unspecified atom stereocenters. The number of hydrogen-bond donors (Lipinski definition) is 0. The van der Waals surface area contributed by atoms with E-state index in [-0.39, 0.29) is 0 Å². The second-order valence-electron chi connectivity index (χ2n) is 3.47. The second-order valence-corrected chi connectivity index (χ2v) is 3.90.